The third kappa shape index (κ3) is 4.56. The topological polar surface area (TPSA) is 40.5 Å². The second kappa shape index (κ2) is 6.98. The molecular formula is C15H15BrO2S. The largest absolute Gasteiger partial charge is 0.508 e. The normalized spacial score (nSPS) is 12.3. The molecule has 0 heterocycles. The summed E-state index contributed by atoms with van der Waals surface area (Å²) >= 11 is 5.12. The molecule has 2 N–H and O–H groups in total. The molecule has 100 valence electrons. The summed E-state index contributed by atoms with van der Waals surface area (Å²) in [4.78, 5) is 1.13. The van der Waals surface area contributed by atoms with Crippen LogP contribution in [0.15, 0.2) is 57.9 Å². The van der Waals surface area contributed by atoms with Crippen molar-refractivity contribution >= 4 is 27.7 Å². The molecule has 2 aromatic carbocycles. The Labute approximate surface area is 125 Å². The highest BCUT2D eigenvalue weighted by Crippen LogP contribution is 2.27. The van der Waals surface area contributed by atoms with Gasteiger partial charge >= 0.3 is 0 Å². The summed E-state index contributed by atoms with van der Waals surface area (Å²) in [6.07, 6.45) is 0.194. The Balaban J connectivity index is 1.86. The predicted molar refractivity (Wildman–Crippen MR) is 82.7 cm³/mol. The lowest BCUT2D eigenvalue weighted by atomic mass is 10.1. The van der Waals surface area contributed by atoms with Gasteiger partial charge < -0.3 is 10.2 Å². The van der Waals surface area contributed by atoms with Crippen LogP contribution < -0.4 is 0 Å². The molecule has 4 heteroatoms. The number of hydrogen-bond donors (Lipinski definition) is 2. The first-order valence-corrected chi connectivity index (χ1v) is 7.76. The van der Waals surface area contributed by atoms with Crippen LogP contribution in [0.4, 0.5) is 0 Å². The molecule has 0 fully saturated rings. The van der Waals surface area contributed by atoms with E-state index in [1.54, 1.807) is 23.9 Å². The molecule has 2 rings (SSSR count). The molecule has 1 unspecified atom stereocenters. The van der Waals surface area contributed by atoms with Gasteiger partial charge in [0.15, 0.2) is 0 Å². The molecule has 2 aromatic rings. The molecule has 0 aromatic heterocycles. The van der Waals surface area contributed by atoms with Gasteiger partial charge in [-0.3, -0.25) is 0 Å². The number of aliphatic hydroxyl groups excluding tert-OH is 1. The van der Waals surface area contributed by atoms with Crippen LogP contribution in [0.5, 0.6) is 5.75 Å². The zero-order chi connectivity index (χ0) is 13.7. The number of halogens is 1. The first-order valence-electron chi connectivity index (χ1n) is 5.98. The van der Waals surface area contributed by atoms with Crippen LogP contribution in [-0.2, 0) is 6.42 Å². The van der Waals surface area contributed by atoms with Crippen LogP contribution >= 0.6 is 27.7 Å². The average molecular weight is 339 g/mol. The Hall–Kier alpha value is -0.970. The van der Waals surface area contributed by atoms with E-state index in [-0.39, 0.29) is 5.75 Å². The molecule has 19 heavy (non-hydrogen) atoms. The highest BCUT2D eigenvalue weighted by Gasteiger charge is 2.08. The number of thioether (sulfide) groups is 1. The molecule has 0 aliphatic rings. The highest BCUT2D eigenvalue weighted by molar-refractivity contribution is 9.10. The molecular weight excluding hydrogens is 324 g/mol. The maximum Gasteiger partial charge on any atom is 0.115 e. The van der Waals surface area contributed by atoms with Crippen molar-refractivity contribution in [2.24, 2.45) is 0 Å². The van der Waals surface area contributed by atoms with Crippen LogP contribution in [-0.4, -0.2) is 22.1 Å². The van der Waals surface area contributed by atoms with E-state index < -0.39 is 6.10 Å². The zero-order valence-corrected chi connectivity index (χ0v) is 12.7. The van der Waals surface area contributed by atoms with Crippen molar-refractivity contribution in [2.75, 3.05) is 5.75 Å². The zero-order valence-electron chi connectivity index (χ0n) is 10.3. The predicted octanol–water partition coefficient (Wildman–Crippen LogP) is 3.85. The lowest BCUT2D eigenvalue weighted by Gasteiger charge is -2.11. The Morgan fingerprint density at radius 3 is 2.42 bits per heavy atom. The van der Waals surface area contributed by atoms with E-state index in [2.05, 4.69) is 15.9 Å². The first-order chi connectivity index (χ1) is 9.15. The van der Waals surface area contributed by atoms with Crippen LogP contribution in [0.2, 0.25) is 0 Å². The lowest BCUT2D eigenvalue weighted by molar-refractivity contribution is 0.200. The summed E-state index contributed by atoms with van der Waals surface area (Å²) in [5.74, 6) is 0.893. The second-order valence-electron chi connectivity index (χ2n) is 4.27. The second-order valence-corrected chi connectivity index (χ2v) is 6.18. The molecule has 0 saturated carbocycles. The van der Waals surface area contributed by atoms with Crippen molar-refractivity contribution in [3.63, 3.8) is 0 Å². The maximum atomic E-state index is 10.0. The number of rotatable bonds is 5. The Morgan fingerprint density at radius 1 is 1.05 bits per heavy atom. The number of aromatic hydroxyl groups is 1. The van der Waals surface area contributed by atoms with Gasteiger partial charge in [0, 0.05) is 15.1 Å². The summed E-state index contributed by atoms with van der Waals surface area (Å²) in [6.45, 7) is 0. The standard InChI is InChI=1S/C15H15BrO2S/c16-14-3-1-2-4-15(14)19-10-13(18)9-11-5-7-12(17)8-6-11/h1-8,13,17-18H,9-10H2. The maximum absolute atomic E-state index is 10.0. The fourth-order valence-corrected chi connectivity index (χ4v) is 3.21. The monoisotopic (exact) mass is 338 g/mol. The van der Waals surface area contributed by atoms with Gasteiger partial charge in [0.2, 0.25) is 0 Å². The summed E-state index contributed by atoms with van der Waals surface area (Å²) in [7, 11) is 0. The molecule has 0 radical (unpaired) electrons. The quantitative estimate of drug-likeness (QED) is 0.813. The van der Waals surface area contributed by atoms with E-state index in [9.17, 15) is 10.2 Å². The SMILES string of the molecule is Oc1ccc(CC(O)CSc2ccccc2Br)cc1. The minimum atomic E-state index is -0.401. The van der Waals surface area contributed by atoms with Gasteiger partial charge in [0.05, 0.1) is 6.10 Å². The number of hydrogen-bond acceptors (Lipinski definition) is 3. The molecule has 0 bridgehead atoms. The van der Waals surface area contributed by atoms with Crippen molar-refractivity contribution < 1.29 is 10.2 Å². The molecule has 0 spiro atoms. The van der Waals surface area contributed by atoms with Crippen molar-refractivity contribution in [1.29, 1.82) is 0 Å². The van der Waals surface area contributed by atoms with E-state index in [0.29, 0.717) is 12.2 Å². The summed E-state index contributed by atoms with van der Waals surface area (Å²) in [6, 6.07) is 14.9. The third-order valence-corrected chi connectivity index (χ3v) is 4.85. The van der Waals surface area contributed by atoms with Gasteiger partial charge in [-0.2, -0.15) is 0 Å². The summed E-state index contributed by atoms with van der Waals surface area (Å²) in [5, 5.41) is 19.2. The number of phenols is 1. The van der Waals surface area contributed by atoms with Crippen molar-refractivity contribution in [1.82, 2.24) is 0 Å². The number of phenolic OH excluding ortho intramolecular Hbond substituents is 1. The van der Waals surface area contributed by atoms with Gasteiger partial charge in [-0.15, -0.1) is 11.8 Å². The Morgan fingerprint density at radius 2 is 1.74 bits per heavy atom. The van der Waals surface area contributed by atoms with E-state index in [1.807, 2.05) is 36.4 Å². The van der Waals surface area contributed by atoms with E-state index >= 15 is 0 Å². The Bertz CT molecular complexity index is 528. The Kier molecular flexibility index (Phi) is 5.31. The summed E-state index contributed by atoms with van der Waals surface area (Å²) in [5.41, 5.74) is 1.03. The van der Waals surface area contributed by atoms with Crippen molar-refractivity contribution in [3.05, 3.63) is 58.6 Å². The average Bonchev–Trinajstić information content (AvgIpc) is 2.40. The molecule has 1 atom stereocenters. The van der Waals surface area contributed by atoms with Crippen molar-refractivity contribution in [3.8, 4) is 5.75 Å². The van der Waals surface area contributed by atoms with Crippen molar-refractivity contribution in [2.45, 2.75) is 17.4 Å². The molecule has 0 aliphatic heterocycles. The number of benzene rings is 2. The minimum Gasteiger partial charge on any atom is -0.508 e. The van der Waals surface area contributed by atoms with Gasteiger partial charge in [-0.1, -0.05) is 24.3 Å². The fraction of sp³-hybridized carbons (Fsp3) is 0.200. The van der Waals surface area contributed by atoms with Gasteiger partial charge in [0.1, 0.15) is 5.75 Å². The number of aliphatic hydroxyl groups is 1. The molecule has 0 amide bonds. The smallest absolute Gasteiger partial charge is 0.115 e. The fourth-order valence-electron chi connectivity index (χ4n) is 1.71. The molecule has 2 nitrogen and oxygen atoms in total. The van der Waals surface area contributed by atoms with Crippen LogP contribution in [0.1, 0.15) is 5.56 Å². The first kappa shape index (κ1) is 14.4. The van der Waals surface area contributed by atoms with E-state index in [0.717, 1.165) is 14.9 Å². The molecule has 0 saturated heterocycles. The van der Waals surface area contributed by atoms with E-state index in [1.165, 1.54) is 0 Å². The van der Waals surface area contributed by atoms with Gasteiger partial charge in [-0.25, -0.2) is 0 Å². The minimum absolute atomic E-state index is 0.251. The van der Waals surface area contributed by atoms with Crippen LogP contribution in [0, 0.1) is 0 Å². The van der Waals surface area contributed by atoms with Crippen LogP contribution in [0.3, 0.4) is 0 Å². The van der Waals surface area contributed by atoms with E-state index in [4.69, 9.17) is 0 Å². The van der Waals surface area contributed by atoms with Gasteiger partial charge in [-0.05, 0) is 52.2 Å². The molecule has 0 aliphatic carbocycles. The summed E-state index contributed by atoms with van der Waals surface area (Å²) < 4.78 is 1.05. The van der Waals surface area contributed by atoms with Gasteiger partial charge in [0.25, 0.3) is 0 Å². The highest BCUT2D eigenvalue weighted by atomic mass is 79.9. The third-order valence-electron chi connectivity index (χ3n) is 2.68. The van der Waals surface area contributed by atoms with Crippen LogP contribution in [0.25, 0.3) is 0 Å². The lowest BCUT2D eigenvalue weighted by Crippen LogP contribution is -2.13.